The molecule has 1 unspecified atom stereocenters. The minimum Gasteiger partial charge on any atom is -0.329 e. The number of carbonyl (C=O) groups excluding carboxylic acids is 2. The average Bonchev–Trinajstić information content (AvgIpc) is 2.95. The van der Waals surface area contributed by atoms with Crippen LogP contribution in [0, 0.1) is 0 Å². The van der Waals surface area contributed by atoms with Gasteiger partial charge < -0.3 is 10.2 Å². The van der Waals surface area contributed by atoms with Crippen molar-refractivity contribution in [3.8, 4) is 0 Å². The Morgan fingerprint density at radius 1 is 1.37 bits per heavy atom. The fourth-order valence-corrected chi connectivity index (χ4v) is 2.99. The van der Waals surface area contributed by atoms with Crippen molar-refractivity contribution in [3.05, 3.63) is 34.9 Å². The number of rotatable bonds is 3. The van der Waals surface area contributed by atoms with E-state index < -0.39 is 0 Å². The van der Waals surface area contributed by atoms with Gasteiger partial charge >= 0.3 is 6.03 Å². The highest BCUT2D eigenvalue weighted by Gasteiger charge is 2.30. The summed E-state index contributed by atoms with van der Waals surface area (Å²) in [5.41, 5.74) is 4.01. The van der Waals surface area contributed by atoms with Gasteiger partial charge in [0.25, 0.3) is 0 Å². The summed E-state index contributed by atoms with van der Waals surface area (Å²) in [5.74, 6) is 0.0183. The van der Waals surface area contributed by atoms with Gasteiger partial charge in [-0.05, 0) is 42.9 Å². The van der Waals surface area contributed by atoms with Gasteiger partial charge in [-0.1, -0.05) is 18.2 Å². The quantitative estimate of drug-likeness (QED) is 0.899. The van der Waals surface area contributed by atoms with E-state index in [2.05, 4.69) is 23.5 Å². The highest BCUT2D eigenvalue weighted by atomic mass is 16.2. The fourth-order valence-electron chi connectivity index (χ4n) is 2.99. The molecule has 1 atom stereocenters. The van der Waals surface area contributed by atoms with Crippen LogP contribution in [0.15, 0.2) is 18.2 Å². The van der Waals surface area contributed by atoms with Crippen molar-refractivity contribution < 1.29 is 9.59 Å². The van der Waals surface area contributed by atoms with Gasteiger partial charge in [0.2, 0.25) is 0 Å². The monoisotopic (exact) mass is 258 g/mol. The Morgan fingerprint density at radius 3 is 2.95 bits per heavy atom. The first-order valence-corrected chi connectivity index (χ1v) is 6.80. The summed E-state index contributed by atoms with van der Waals surface area (Å²) in [5, 5.41) is 2.95. The number of carbonyl (C=O) groups is 2. The number of nitrogens with one attached hydrogen (secondary N) is 1. The second-order valence-corrected chi connectivity index (χ2v) is 5.47. The van der Waals surface area contributed by atoms with Crippen LogP contribution in [-0.4, -0.2) is 29.8 Å². The number of fused-ring (bicyclic) bond motifs is 1. The molecular formula is C15H18N2O2. The van der Waals surface area contributed by atoms with Crippen LogP contribution in [0.2, 0.25) is 0 Å². The summed E-state index contributed by atoms with van der Waals surface area (Å²) >= 11 is 0. The van der Waals surface area contributed by atoms with E-state index >= 15 is 0 Å². The molecule has 1 aliphatic carbocycles. The average molecular weight is 258 g/mol. The molecule has 1 aliphatic heterocycles. The van der Waals surface area contributed by atoms with E-state index in [9.17, 15) is 9.59 Å². The lowest BCUT2D eigenvalue weighted by molar-refractivity contribution is -0.117. The van der Waals surface area contributed by atoms with Gasteiger partial charge in [0.15, 0.2) is 0 Å². The molecule has 0 saturated carbocycles. The highest BCUT2D eigenvalue weighted by molar-refractivity contribution is 5.85. The molecule has 1 aromatic rings. The molecule has 2 amide bonds. The zero-order chi connectivity index (χ0) is 13.4. The van der Waals surface area contributed by atoms with Crippen molar-refractivity contribution >= 4 is 11.8 Å². The SMILES string of the molecule is CC(=O)CN1CC(c2ccc3c(c2)CCC3)NC1=O. The molecule has 1 saturated heterocycles. The van der Waals surface area contributed by atoms with Crippen molar-refractivity contribution in [2.75, 3.05) is 13.1 Å². The number of urea groups is 1. The third kappa shape index (κ3) is 2.35. The Bertz CT molecular complexity index is 539. The minimum atomic E-state index is -0.138. The van der Waals surface area contributed by atoms with E-state index in [4.69, 9.17) is 0 Å². The zero-order valence-corrected chi connectivity index (χ0v) is 11.1. The first kappa shape index (κ1) is 12.2. The third-order valence-electron chi connectivity index (χ3n) is 3.93. The van der Waals surface area contributed by atoms with Gasteiger partial charge in [-0.25, -0.2) is 4.79 Å². The Hall–Kier alpha value is -1.84. The maximum absolute atomic E-state index is 11.8. The fraction of sp³-hybridized carbons (Fsp3) is 0.467. The van der Waals surface area contributed by atoms with Gasteiger partial charge in [-0.3, -0.25) is 4.79 Å². The lowest BCUT2D eigenvalue weighted by atomic mass is 10.0. The summed E-state index contributed by atoms with van der Waals surface area (Å²) in [4.78, 5) is 24.5. The van der Waals surface area contributed by atoms with Gasteiger partial charge in [-0.2, -0.15) is 0 Å². The number of benzene rings is 1. The minimum absolute atomic E-state index is 0.0118. The first-order valence-electron chi connectivity index (χ1n) is 6.80. The van der Waals surface area contributed by atoms with E-state index in [1.54, 1.807) is 4.90 Å². The molecule has 0 spiro atoms. The lowest BCUT2D eigenvalue weighted by Crippen LogP contribution is -2.32. The normalized spacial score (nSPS) is 21.4. The molecule has 2 aliphatic rings. The molecule has 3 rings (SSSR count). The van der Waals surface area contributed by atoms with Crippen LogP contribution in [0.25, 0.3) is 0 Å². The van der Waals surface area contributed by atoms with Gasteiger partial charge in [0.1, 0.15) is 5.78 Å². The molecule has 0 aromatic heterocycles. The van der Waals surface area contributed by atoms with Gasteiger partial charge in [-0.15, -0.1) is 0 Å². The van der Waals surface area contributed by atoms with Crippen molar-refractivity contribution in [2.45, 2.75) is 32.2 Å². The summed E-state index contributed by atoms with van der Waals surface area (Å²) in [6.45, 7) is 2.29. The van der Waals surface area contributed by atoms with Crippen LogP contribution in [0.4, 0.5) is 4.79 Å². The maximum Gasteiger partial charge on any atom is 0.318 e. The zero-order valence-electron chi connectivity index (χ0n) is 11.1. The van der Waals surface area contributed by atoms with Crippen molar-refractivity contribution in [1.82, 2.24) is 10.2 Å². The second-order valence-electron chi connectivity index (χ2n) is 5.47. The molecule has 100 valence electrons. The largest absolute Gasteiger partial charge is 0.329 e. The molecule has 1 aromatic carbocycles. The number of amides is 2. The third-order valence-corrected chi connectivity index (χ3v) is 3.93. The van der Waals surface area contributed by atoms with Gasteiger partial charge in [0, 0.05) is 6.54 Å². The number of nitrogens with zero attached hydrogens (tertiary/aromatic N) is 1. The van der Waals surface area contributed by atoms with Crippen LogP contribution < -0.4 is 5.32 Å². The standard InChI is InChI=1S/C15H18N2O2/c1-10(18)8-17-9-14(16-15(17)19)13-6-5-11-3-2-4-12(11)7-13/h5-7,14H,2-4,8-9H2,1H3,(H,16,19). The number of hydrogen-bond donors (Lipinski definition) is 1. The molecular weight excluding hydrogens is 240 g/mol. The van der Waals surface area contributed by atoms with Crippen LogP contribution in [0.5, 0.6) is 0 Å². The second kappa shape index (κ2) is 4.68. The van der Waals surface area contributed by atoms with Crippen molar-refractivity contribution in [1.29, 1.82) is 0 Å². The predicted molar refractivity (Wildman–Crippen MR) is 72.0 cm³/mol. The number of aryl methyl sites for hydroxylation is 2. The van der Waals surface area contributed by atoms with Crippen LogP contribution in [-0.2, 0) is 17.6 Å². The lowest BCUT2D eigenvalue weighted by Gasteiger charge is -2.13. The van der Waals surface area contributed by atoms with Crippen LogP contribution in [0.1, 0.15) is 36.1 Å². The summed E-state index contributed by atoms with van der Waals surface area (Å²) in [6.07, 6.45) is 3.54. The predicted octanol–water partition coefficient (Wildman–Crippen LogP) is 1.83. The maximum atomic E-state index is 11.8. The first-order chi connectivity index (χ1) is 9.13. The number of ketones is 1. The van der Waals surface area contributed by atoms with Crippen LogP contribution >= 0.6 is 0 Å². The number of Topliss-reactive ketones (excluding diaryl/α,β-unsaturated/α-hetero) is 1. The molecule has 19 heavy (non-hydrogen) atoms. The summed E-state index contributed by atoms with van der Waals surface area (Å²) in [7, 11) is 0. The smallest absolute Gasteiger partial charge is 0.318 e. The molecule has 0 bridgehead atoms. The van der Waals surface area contributed by atoms with Crippen molar-refractivity contribution in [2.24, 2.45) is 0 Å². The Balaban J connectivity index is 1.77. The molecule has 1 heterocycles. The van der Waals surface area contributed by atoms with E-state index in [0.29, 0.717) is 6.54 Å². The molecule has 0 radical (unpaired) electrons. The summed E-state index contributed by atoms with van der Waals surface area (Å²) < 4.78 is 0. The van der Waals surface area contributed by atoms with E-state index in [-0.39, 0.29) is 24.4 Å². The molecule has 4 nitrogen and oxygen atoms in total. The summed E-state index contributed by atoms with van der Waals surface area (Å²) in [6, 6.07) is 6.37. The molecule has 1 N–H and O–H groups in total. The van der Waals surface area contributed by atoms with Crippen LogP contribution in [0.3, 0.4) is 0 Å². The van der Waals surface area contributed by atoms with Crippen molar-refractivity contribution in [3.63, 3.8) is 0 Å². The van der Waals surface area contributed by atoms with E-state index in [0.717, 1.165) is 12.0 Å². The number of hydrogen-bond acceptors (Lipinski definition) is 2. The Labute approximate surface area is 112 Å². The van der Waals surface area contributed by atoms with Gasteiger partial charge in [0.05, 0.1) is 12.6 Å². The Morgan fingerprint density at radius 2 is 2.16 bits per heavy atom. The van der Waals surface area contributed by atoms with E-state index in [1.807, 2.05) is 0 Å². The highest BCUT2D eigenvalue weighted by Crippen LogP contribution is 2.27. The molecule has 1 fully saturated rings. The topological polar surface area (TPSA) is 49.4 Å². The molecule has 4 heteroatoms. The van der Waals surface area contributed by atoms with E-state index in [1.165, 1.54) is 30.9 Å². The Kier molecular flexibility index (Phi) is 3.01.